The highest BCUT2D eigenvalue weighted by Gasteiger charge is 2.03. The van der Waals surface area contributed by atoms with Crippen LogP contribution in [0.5, 0.6) is 0 Å². The fourth-order valence-electron chi connectivity index (χ4n) is 1.41. The van der Waals surface area contributed by atoms with Crippen molar-refractivity contribution in [3.63, 3.8) is 0 Å². The van der Waals surface area contributed by atoms with Gasteiger partial charge < -0.3 is 5.32 Å². The molecule has 0 bridgehead atoms. The van der Waals surface area contributed by atoms with E-state index in [9.17, 15) is 4.39 Å². The molecule has 0 atom stereocenters. The number of hydrogen-bond acceptors (Lipinski definition) is 2. The Kier molecular flexibility index (Phi) is 3.59. The quantitative estimate of drug-likeness (QED) is 0.839. The molecule has 0 aliphatic rings. The van der Waals surface area contributed by atoms with Crippen molar-refractivity contribution in [3.05, 3.63) is 57.4 Å². The molecule has 84 valence electrons. The van der Waals surface area contributed by atoms with E-state index < -0.39 is 5.82 Å². The number of benzene rings is 2. The summed E-state index contributed by atoms with van der Waals surface area (Å²) in [6.45, 7) is 0. The molecule has 0 fully saturated rings. The Balaban J connectivity index is 2.30. The Morgan fingerprint density at radius 3 is 2.47 bits per heavy atom. The van der Waals surface area contributed by atoms with Gasteiger partial charge in [0, 0.05) is 9.26 Å². The molecule has 4 heteroatoms. The van der Waals surface area contributed by atoms with E-state index in [-0.39, 0.29) is 0 Å². The summed E-state index contributed by atoms with van der Waals surface area (Å²) >= 11 is 2.22. The van der Waals surface area contributed by atoms with Gasteiger partial charge in [-0.2, -0.15) is 5.26 Å². The normalized spacial score (nSPS) is 9.71. The van der Waals surface area contributed by atoms with Crippen molar-refractivity contribution in [1.29, 1.82) is 5.26 Å². The molecular weight excluding hydrogens is 330 g/mol. The summed E-state index contributed by atoms with van der Waals surface area (Å²) in [5, 5.41) is 12.0. The van der Waals surface area contributed by atoms with Gasteiger partial charge in [-0.1, -0.05) is 0 Å². The van der Waals surface area contributed by atoms with Gasteiger partial charge in [-0.3, -0.25) is 0 Å². The first-order valence-electron chi connectivity index (χ1n) is 4.91. The van der Waals surface area contributed by atoms with Crippen LogP contribution in [0.3, 0.4) is 0 Å². The summed E-state index contributed by atoms with van der Waals surface area (Å²) in [6, 6.07) is 13.8. The van der Waals surface area contributed by atoms with E-state index in [1.807, 2.05) is 30.3 Å². The lowest BCUT2D eigenvalue weighted by Gasteiger charge is -2.08. The Morgan fingerprint density at radius 2 is 1.82 bits per heavy atom. The van der Waals surface area contributed by atoms with Crippen LogP contribution in [0.15, 0.2) is 42.5 Å². The van der Waals surface area contributed by atoms with Crippen LogP contribution in [-0.4, -0.2) is 0 Å². The number of rotatable bonds is 2. The Hall–Kier alpha value is -1.61. The molecule has 1 N–H and O–H groups in total. The third kappa shape index (κ3) is 2.94. The Bertz CT molecular complexity index is 573. The average Bonchev–Trinajstić information content (AvgIpc) is 2.34. The zero-order valence-corrected chi connectivity index (χ0v) is 10.9. The van der Waals surface area contributed by atoms with Crippen LogP contribution >= 0.6 is 22.6 Å². The molecule has 0 radical (unpaired) electrons. The molecule has 0 aliphatic carbocycles. The van der Waals surface area contributed by atoms with Crippen LogP contribution in [0.2, 0.25) is 0 Å². The zero-order valence-electron chi connectivity index (χ0n) is 8.74. The van der Waals surface area contributed by atoms with Crippen LogP contribution < -0.4 is 5.32 Å². The van der Waals surface area contributed by atoms with Crippen molar-refractivity contribution < 1.29 is 4.39 Å². The van der Waals surface area contributed by atoms with E-state index >= 15 is 0 Å². The summed E-state index contributed by atoms with van der Waals surface area (Å²) in [7, 11) is 0. The predicted molar refractivity (Wildman–Crippen MR) is 73.6 cm³/mol. The lowest BCUT2D eigenvalue weighted by Crippen LogP contribution is -1.94. The monoisotopic (exact) mass is 338 g/mol. The summed E-state index contributed by atoms with van der Waals surface area (Å²) in [5.74, 6) is -0.408. The van der Waals surface area contributed by atoms with E-state index in [1.54, 1.807) is 6.07 Å². The van der Waals surface area contributed by atoms with Crippen molar-refractivity contribution in [2.75, 3.05) is 5.32 Å². The minimum absolute atomic E-state index is 0.295. The number of nitrogens with one attached hydrogen (secondary N) is 1. The molecule has 2 aromatic carbocycles. The lowest BCUT2D eigenvalue weighted by atomic mass is 10.2. The van der Waals surface area contributed by atoms with Crippen molar-refractivity contribution in [1.82, 2.24) is 0 Å². The second-order valence-corrected chi connectivity index (χ2v) is 4.68. The minimum Gasteiger partial charge on any atom is -0.354 e. The van der Waals surface area contributed by atoms with Crippen LogP contribution in [0.25, 0.3) is 0 Å². The summed E-state index contributed by atoms with van der Waals surface area (Å²) in [4.78, 5) is 0. The maximum absolute atomic E-state index is 12.9. The van der Waals surface area contributed by atoms with Gasteiger partial charge >= 0.3 is 0 Å². The summed E-state index contributed by atoms with van der Waals surface area (Å²) in [5.41, 5.74) is 1.77. The number of halogens is 2. The fourth-order valence-corrected chi connectivity index (χ4v) is 1.77. The maximum Gasteiger partial charge on any atom is 0.124 e. The standard InChI is InChI=1S/C13H8FIN2/c14-10-1-6-13(9(7-10)8-16)17-12-4-2-11(15)3-5-12/h1-7,17H. The van der Waals surface area contributed by atoms with Gasteiger partial charge in [-0.25, -0.2) is 4.39 Å². The van der Waals surface area contributed by atoms with E-state index in [4.69, 9.17) is 5.26 Å². The molecule has 2 nitrogen and oxygen atoms in total. The minimum atomic E-state index is -0.408. The molecule has 0 unspecified atom stereocenters. The van der Waals surface area contributed by atoms with Gasteiger partial charge in [0.15, 0.2) is 0 Å². The molecule has 0 amide bonds. The third-order valence-corrected chi connectivity index (χ3v) is 2.94. The molecule has 0 aliphatic heterocycles. The number of nitriles is 1. The second-order valence-electron chi connectivity index (χ2n) is 3.43. The summed E-state index contributed by atoms with van der Waals surface area (Å²) in [6.07, 6.45) is 0. The fraction of sp³-hybridized carbons (Fsp3) is 0. The van der Waals surface area contributed by atoms with Gasteiger partial charge in [0.2, 0.25) is 0 Å². The average molecular weight is 338 g/mol. The van der Waals surface area contributed by atoms with E-state index in [1.165, 1.54) is 12.1 Å². The molecule has 2 aromatic rings. The van der Waals surface area contributed by atoms with Gasteiger partial charge in [0.1, 0.15) is 11.9 Å². The first-order chi connectivity index (χ1) is 8.19. The van der Waals surface area contributed by atoms with E-state index in [0.29, 0.717) is 11.3 Å². The van der Waals surface area contributed by atoms with E-state index in [2.05, 4.69) is 27.9 Å². The van der Waals surface area contributed by atoms with Gasteiger partial charge in [0.25, 0.3) is 0 Å². The molecule has 17 heavy (non-hydrogen) atoms. The zero-order chi connectivity index (χ0) is 12.3. The van der Waals surface area contributed by atoms with Crippen LogP contribution in [0.4, 0.5) is 15.8 Å². The lowest BCUT2D eigenvalue weighted by molar-refractivity contribution is 0.627. The number of nitrogens with zero attached hydrogens (tertiary/aromatic N) is 1. The third-order valence-electron chi connectivity index (χ3n) is 2.23. The highest BCUT2D eigenvalue weighted by Crippen LogP contribution is 2.21. The van der Waals surface area contributed by atoms with Gasteiger partial charge in [-0.05, 0) is 65.1 Å². The number of hydrogen-bond donors (Lipinski definition) is 1. The molecule has 0 aromatic heterocycles. The SMILES string of the molecule is N#Cc1cc(F)ccc1Nc1ccc(I)cc1. The molecule has 0 saturated heterocycles. The van der Waals surface area contributed by atoms with Crippen molar-refractivity contribution in [3.8, 4) is 6.07 Å². The number of anilines is 2. The maximum atomic E-state index is 12.9. The van der Waals surface area contributed by atoms with Gasteiger partial charge in [-0.15, -0.1) is 0 Å². The second kappa shape index (κ2) is 5.15. The predicted octanol–water partition coefficient (Wildman–Crippen LogP) is 4.05. The largest absolute Gasteiger partial charge is 0.354 e. The molecule has 2 rings (SSSR count). The van der Waals surface area contributed by atoms with E-state index in [0.717, 1.165) is 9.26 Å². The Labute approximate surface area is 112 Å². The van der Waals surface area contributed by atoms with Crippen LogP contribution in [0, 0.1) is 20.7 Å². The molecule has 0 spiro atoms. The van der Waals surface area contributed by atoms with Gasteiger partial charge in [0.05, 0.1) is 11.3 Å². The first kappa shape index (κ1) is 11.9. The molecule has 0 heterocycles. The Morgan fingerprint density at radius 1 is 1.12 bits per heavy atom. The van der Waals surface area contributed by atoms with Crippen LogP contribution in [0.1, 0.15) is 5.56 Å². The topological polar surface area (TPSA) is 35.8 Å². The first-order valence-corrected chi connectivity index (χ1v) is 5.99. The molecule has 0 saturated carbocycles. The van der Waals surface area contributed by atoms with Crippen molar-refractivity contribution in [2.24, 2.45) is 0 Å². The summed E-state index contributed by atoms with van der Waals surface area (Å²) < 4.78 is 14.1. The highest BCUT2D eigenvalue weighted by atomic mass is 127. The van der Waals surface area contributed by atoms with Crippen molar-refractivity contribution in [2.45, 2.75) is 0 Å². The van der Waals surface area contributed by atoms with Crippen molar-refractivity contribution >= 4 is 34.0 Å². The molecular formula is C13H8FIN2. The van der Waals surface area contributed by atoms with Crippen LogP contribution in [-0.2, 0) is 0 Å². The smallest absolute Gasteiger partial charge is 0.124 e. The highest BCUT2D eigenvalue weighted by molar-refractivity contribution is 14.1.